The Hall–Kier alpha value is -2.20. The molecule has 0 aliphatic carbocycles. The molecule has 3 rings (SSSR count). The number of halogens is 2. The van der Waals surface area contributed by atoms with E-state index in [0.717, 1.165) is 9.13 Å². The number of hydrogen-bond acceptors (Lipinski definition) is 5. The van der Waals surface area contributed by atoms with Gasteiger partial charge in [-0.25, -0.2) is 9.18 Å². The summed E-state index contributed by atoms with van der Waals surface area (Å²) < 4.78 is 20.8. The number of amides is 1. The van der Waals surface area contributed by atoms with Gasteiger partial charge < -0.3 is 15.8 Å². The molecule has 0 aromatic heterocycles. The molecule has 0 spiro atoms. The molecule has 1 aliphatic rings. The Morgan fingerprint density at radius 3 is 2.61 bits per heavy atom. The standard InChI is InChI=1S/C20H21FIN3O3/c1-11(2)14-8-18(19(26)6-4-16(14)22)24-17-5-3-12(7-15(17)21)25-10-13(9-23)28-20(25)27/h3-8,11,13H,9-10,23H2,1-2H3,(H,24,26). The molecule has 1 aliphatic heterocycles. The molecule has 1 amide bonds. The highest BCUT2D eigenvalue weighted by Crippen LogP contribution is 2.28. The maximum atomic E-state index is 14.7. The topological polar surface area (TPSA) is 84.7 Å². The van der Waals surface area contributed by atoms with Gasteiger partial charge in [0.15, 0.2) is 0 Å². The molecule has 2 aromatic rings. The molecular weight excluding hydrogens is 476 g/mol. The maximum Gasteiger partial charge on any atom is 0.414 e. The second kappa shape index (κ2) is 8.44. The minimum Gasteiger partial charge on any atom is -0.443 e. The predicted octanol–water partition coefficient (Wildman–Crippen LogP) is 3.94. The number of nitrogens with one attached hydrogen (secondary N) is 1. The maximum absolute atomic E-state index is 14.7. The van der Waals surface area contributed by atoms with Crippen molar-refractivity contribution in [2.45, 2.75) is 25.9 Å². The van der Waals surface area contributed by atoms with E-state index in [9.17, 15) is 14.0 Å². The molecule has 6 nitrogen and oxygen atoms in total. The van der Waals surface area contributed by atoms with Crippen molar-refractivity contribution in [1.82, 2.24) is 0 Å². The average molecular weight is 497 g/mol. The van der Waals surface area contributed by atoms with Gasteiger partial charge in [0, 0.05) is 10.1 Å². The molecule has 0 saturated carbocycles. The van der Waals surface area contributed by atoms with Crippen LogP contribution in [-0.2, 0) is 4.74 Å². The highest BCUT2D eigenvalue weighted by molar-refractivity contribution is 14.1. The Morgan fingerprint density at radius 2 is 2.00 bits per heavy atom. The first-order chi connectivity index (χ1) is 13.3. The minimum atomic E-state index is -0.576. The summed E-state index contributed by atoms with van der Waals surface area (Å²) in [5.74, 6) is -0.364. The zero-order chi connectivity index (χ0) is 20.4. The van der Waals surface area contributed by atoms with Crippen LogP contribution in [0, 0.1) is 9.39 Å². The molecule has 8 heteroatoms. The Balaban J connectivity index is 1.91. The number of anilines is 3. The van der Waals surface area contributed by atoms with Crippen molar-refractivity contribution in [3.8, 4) is 0 Å². The van der Waals surface area contributed by atoms with E-state index in [2.05, 4.69) is 27.9 Å². The van der Waals surface area contributed by atoms with Crippen LogP contribution in [0.3, 0.4) is 0 Å². The number of ether oxygens (including phenoxy) is 1. The summed E-state index contributed by atoms with van der Waals surface area (Å²) >= 11 is 2.18. The fraction of sp³-hybridized carbons (Fsp3) is 0.300. The number of hydrogen-bond donors (Lipinski definition) is 2. The summed E-state index contributed by atoms with van der Waals surface area (Å²) in [4.78, 5) is 25.6. The lowest BCUT2D eigenvalue weighted by Crippen LogP contribution is -2.27. The van der Waals surface area contributed by atoms with Crippen LogP contribution in [0.25, 0.3) is 0 Å². The van der Waals surface area contributed by atoms with Crippen molar-refractivity contribution in [3.05, 3.63) is 61.6 Å². The second-order valence-corrected chi connectivity index (χ2v) is 8.02. The van der Waals surface area contributed by atoms with Crippen LogP contribution in [0.1, 0.15) is 25.3 Å². The summed E-state index contributed by atoms with van der Waals surface area (Å²) in [6.07, 6.45) is -0.957. The van der Waals surface area contributed by atoms with Crippen molar-refractivity contribution < 1.29 is 13.9 Å². The molecule has 0 radical (unpaired) electrons. The summed E-state index contributed by atoms with van der Waals surface area (Å²) in [5, 5.41) is 2.89. The van der Waals surface area contributed by atoms with E-state index in [1.165, 1.54) is 23.1 Å². The first kappa shape index (κ1) is 20.5. The molecule has 148 valence electrons. The molecule has 3 N–H and O–H groups in total. The number of benzene rings is 1. The third-order valence-corrected chi connectivity index (χ3v) is 5.50. The van der Waals surface area contributed by atoms with Gasteiger partial charge >= 0.3 is 6.09 Å². The lowest BCUT2D eigenvalue weighted by molar-refractivity contribution is 0.145. The summed E-state index contributed by atoms with van der Waals surface area (Å²) in [6.45, 7) is 4.55. The van der Waals surface area contributed by atoms with Gasteiger partial charge in [-0.3, -0.25) is 9.69 Å². The number of carbonyl (C=O) groups excluding carboxylic acids is 1. The lowest BCUT2D eigenvalue weighted by Gasteiger charge is -2.15. The Bertz CT molecular complexity index is 968. The predicted molar refractivity (Wildman–Crippen MR) is 116 cm³/mol. The van der Waals surface area contributed by atoms with Gasteiger partial charge in [0.05, 0.1) is 23.6 Å². The van der Waals surface area contributed by atoms with E-state index < -0.39 is 18.0 Å². The van der Waals surface area contributed by atoms with E-state index in [1.54, 1.807) is 18.2 Å². The molecule has 2 aromatic carbocycles. The van der Waals surface area contributed by atoms with Crippen LogP contribution < -0.4 is 21.4 Å². The SMILES string of the molecule is CC(C)c1cc(Nc2ccc(N3CC(CN)OC3=O)cc2F)c(=O)ccc1I. The first-order valence-electron chi connectivity index (χ1n) is 8.88. The summed E-state index contributed by atoms with van der Waals surface area (Å²) in [6, 6.07) is 9.33. The molecule has 28 heavy (non-hydrogen) atoms. The fourth-order valence-corrected chi connectivity index (χ4v) is 3.90. The normalized spacial score (nSPS) is 16.4. The van der Waals surface area contributed by atoms with E-state index >= 15 is 0 Å². The zero-order valence-electron chi connectivity index (χ0n) is 15.5. The van der Waals surface area contributed by atoms with Gasteiger partial charge in [0.25, 0.3) is 0 Å². The number of cyclic esters (lactones) is 1. The zero-order valence-corrected chi connectivity index (χ0v) is 17.7. The molecule has 1 atom stereocenters. The Morgan fingerprint density at radius 1 is 1.25 bits per heavy atom. The largest absolute Gasteiger partial charge is 0.443 e. The van der Waals surface area contributed by atoms with Gasteiger partial charge in [-0.05, 0) is 70.5 Å². The summed E-state index contributed by atoms with van der Waals surface area (Å²) in [7, 11) is 0. The number of nitrogens with two attached hydrogens (primary N) is 1. The van der Waals surface area contributed by atoms with E-state index in [4.69, 9.17) is 10.5 Å². The van der Waals surface area contributed by atoms with E-state index in [1.807, 2.05) is 13.8 Å². The van der Waals surface area contributed by atoms with Crippen molar-refractivity contribution in [2.75, 3.05) is 23.3 Å². The minimum absolute atomic E-state index is 0.153. The Labute approximate surface area is 176 Å². The molecular formula is C20H21FIN3O3. The van der Waals surface area contributed by atoms with Gasteiger partial charge in [0.1, 0.15) is 11.9 Å². The molecule has 1 saturated heterocycles. The first-order valence-corrected chi connectivity index (χ1v) is 9.96. The van der Waals surface area contributed by atoms with Crippen LogP contribution >= 0.6 is 22.6 Å². The van der Waals surface area contributed by atoms with Crippen LogP contribution in [0.5, 0.6) is 0 Å². The van der Waals surface area contributed by atoms with Crippen LogP contribution in [-0.4, -0.2) is 25.3 Å². The van der Waals surface area contributed by atoms with Crippen LogP contribution in [0.2, 0.25) is 0 Å². The van der Waals surface area contributed by atoms with Crippen LogP contribution in [0.4, 0.5) is 26.2 Å². The van der Waals surface area contributed by atoms with Crippen molar-refractivity contribution in [1.29, 1.82) is 0 Å². The van der Waals surface area contributed by atoms with Crippen molar-refractivity contribution >= 4 is 45.7 Å². The van der Waals surface area contributed by atoms with E-state index in [0.29, 0.717) is 11.4 Å². The highest BCUT2D eigenvalue weighted by Gasteiger charge is 2.31. The van der Waals surface area contributed by atoms with Crippen molar-refractivity contribution in [2.24, 2.45) is 5.73 Å². The average Bonchev–Trinajstić information content (AvgIpc) is 2.97. The number of rotatable bonds is 5. The smallest absolute Gasteiger partial charge is 0.414 e. The third kappa shape index (κ3) is 4.27. The number of carbonyl (C=O) groups is 1. The monoisotopic (exact) mass is 497 g/mol. The van der Waals surface area contributed by atoms with Gasteiger partial charge in [-0.15, -0.1) is 0 Å². The van der Waals surface area contributed by atoms with Gasteiger partial charge in [-0.2, -0.15) is 0 Å². The van der Waals surface area contributed by atoms with E-state index in [-0.39, 0.29) is 30.1 Å². The molecule has 1 fully saturated rings. The van der Waals surface area contributed by atoms with Crippen molar-refractivity contribution in [3.63, 3.8) is 0 Å². The third-order valence-electron chi connectivity index (χ3n) is 4.51. The van der Waals surface area contributed by atoms with Gasteiger partial charge in [-0.1, -0.05) is 13.8 Å². The van der Waals surface area contributed by atoms with Gasteiger partial charge in [0.2, 0.25) is 5.43 Å². The van der Waals surface area contributed by atoms with Crippen LogP contribution in [0.15, 0.2) is 41.2 Å². The number of nitrogens with zero attached hydrogens (tertiary/aromatic N) is 1. The quantitative estimate of drug-likeness (QED) is 0.612. The summed E-state index contributed by atoms with van der Waals surface area (Å²) in [5.41, 5.74) is 7.11. The lowest BCUT2D eigenvalue weighted by atomic mass is 10.1. The molecule has 0 bridgehead atoms. The highest BCUT2D eigenvalue weighted by atomic mass is 127. The fourth-order valence-electron chi connectivity index (χ4n) is 2.94. The molecule has 1 unspecified atom stereocenters. The Kier molecular flexibility index (Phi) is 6.19. The second-order valence-electron chi connectivity index (χ2n) is 6.85. The molecule has 1 heterocycles.